The molecular weight excluding hydrogens is 715 g/mol. The van der Waals surface area contributed by atoms with Crippen LogP contribution in [0.3, 0.4) is 0 Å². The van der Waals surface area contributed by atoms with Crippen molar-refractivity contribution < 1.29 is 51.0 Å². The Morgan fingerprint density at radius 2 is 1.83 bits per heavy atom. The van der Waals surface area contributed by atoms with Crippen LogP contribution in [0.15, 0.2) is 43.5 Å². The van der Waals surface area contributed by atoms with Crippen LogP contribution < -0.4 is 15.4 Å². The van der Waals surface area contributed by atoms with Crippen LogP contribution in [0.4, 0.5) is 14.0 Å². The number of amides is 6. The minimum atomic E-state index is -3.98. The number of fused-ring (bicyclic) bond motifs is 1. The maximum Gasteiger partial charge on any atom is 0.410 e. The number of hydrogen-bond donors (Lipinski definition) is 3. The second kappa shape index (κ2) is 14.8. The molecule has 1 saturated heterocycles. The van der Waals surface area contributed by atoms with Crippen LogP contribution in [0.1, 0.15) is 57.6 Å². The number of nitrogens with one attached hydrogen (secondary N) is 3. The number of sulfonamides is 1. The normalized spacial score (nSPS) is 23.9. The molecule has 18 heteroatoms. The summed E-state index contributed by atoms with van der Waals surface area (Å²) in [4.78, 5) is 84.0. The minimum absolute atomic E-state index is 0.0384. The third-order valence-corrected chi connectivity index (χ3v) is 11.4. The van der Waals surface area contributed by atoms with Crippen LogP contribution in [0.2, 0.25) is 0 Å². The van der Waals surface area contributed by atoms with Crippen molar-refractivity contribution in [1.82, 2.24) is 30.1 Å². The van der Waals surface area contributed by atoms with Crippen molar-refractivity contribution in [1.29, 1.82) is 0 Å². The Morgan fingerprint density at radius 3 is 2.42 bits per heavy atom. The lowest BCUT2D eigenvalue weighted by atomic mass is 10.1. The van der Waals surface area contributed by atoms with Crippen LogP contribution >= 0.6 is 0 Å². The quantitative estimate of drug-likeness (QED) is 0.207. The highest BCUT2D eigenvalue weighted by Gasteiger charge is 2.62. The first kappa shape index (κ1) is 39.2. The molecule has 5 rings (SSSR count). The highest BCUT2D eigenvalue weighted by Crippen LogP contribution is 2.45. The lowest BCUT2D eigenvalue weighted by Gasteiger charge is -2.31. The Morgan fingerprint density at radius 1 is 1.13 bits per heavy atom. The van der Waals surface area contributed by atoms with Crippen molar-refractivity contribution in [2.24, 2.45) is 5.92 Å². The molecule has 1 aromatic carbocycles. The summed E-state index contributed by atoms with van der Waals surface area (Å²) in [5.74, 6) is -4.33. The van der Waals surface area contributed by atoms with E-state index in [1.165, 1.54) is 30.2 Å². The molecule has 16 nitrogen and oxygen atoms in total. The Labute approximate surface area is 307 Å². The fraction of sp³-hybridized carbons (Fsp3) is 0.543. The van der Waals surface area contributed by atoms with Gasteiger partial charge < -0.3 is 29.9 Å². The Bertz CT molecular complexity index is 1830. The number of alkyl carbamates (subject to hydrolysis) is 1. The van der Waals surface area contributed by atoms with Gasteiger partial charge in [0.1, 0.15) is 35.1 Å². The molecule has 0 spiro atoms. The van der Waals surface area contributed by atoms with Gasteiger partial charge in [-0.05, 0) is 57.7 Å². The van der Waals surface area contributed by atoms with E-state index in [0.29, 0.717) is 24.0 Å². The largest absolute Gasteiger partial charge is 0.444 e. The molecule has 2 saturated carbocycles. The highest BCUT2D eigenvalue weighted by atomic mass is 32.2. The van der Waals surface area contributed by atoms with Crippen molar-refractivity contribution in [3.63, 3.8) is 0 Å². The molecule has 2 heterocycles. The predicted molar refractivity (Wildman–Crippen MR) is 186 cm³/mol. The number of carbonyl (C=O) groups excluding carboxylic acids is 6. The zero-order chi connectivity index (χ0) is 39.0. The summed E-state index contributed by atoms with van der Waals surface area (Å²) in [7, 11) is -2.60. The molecule has 288 valence electrons. The standard InChI is InChI=1S/C35H45FN6O10S/c1-7-21-15-35(21,31(46)39-53(49,50)23-12-13-23)38-29(44)27-14-22(51-33(48)41-16-20-10-9-11-25(36)24(20)18-41)17-42(27)30(45)26(19-40(6)28(43)8-2)37-32(47)52-34(3,4)5/h7-11,21-23,26-27H,1-2,12-19H2,3-6H3,(H,37,47)(H,38,44)(H,39,46)/t21-,22?,26+,27+,35-/m1/s1. The predicted octanol–water partition coefficient (Wildman–Crippen LogP) is 1.45. The van der Waals surface area contributed by atoms with Crippen LogP contribution in [-0.4, -0.2) is 114 Å². The number of ether oxygens (including phenoxy) is 2. The number of halogens is 1. The molecule has 0 bridgehead atoms. The van der Waals surface area contributed by atoms with Gasteiger partial charge in [0.25, 0.3) is 5.91 Å². The average molecular weight is 761 g/mol. The summed E-state index contributed by atoms with van der Waals surface area (Å²) in [6, 6.07) is 1.63. The second-order valence-electron chi connectivity index (χ2n) is 14.8. The maximum atomic E-state index is 14.4. The molecule has 0 radical (unpaired) electrons. The number of hydrogen-bond acceptors (Lipinski definition) is 10. The van der Waals surface area contributed by atoms with E-state index in [1.807, 2.05) is 0 Å². The van der Waals surface area contributed by atoms with Crippen LogP contribution in [0.25, 0.3) is 0 Å². The molecule has 1 unspecified atom stereocenters. The summed E-state index contributed by atoms with van der Waals surface area (Å²) in [6.45, 7) is 11.3. The molecule has 2 aliphatic carbocycles. The van der Waals surface area contributed by atoms with Gasteiger partial charge in [-0.25, -0.2) is 22.4 Å². The number of carbonyl (C=O) groups is 6. The van der Waals surface area contributed by atoms with E-state index in [4.69, 9.17) is 9.47 Å². The lowest BCUT2D eigenvalue weighted by Crippen LogP contribution is -2.60. The Balaban J connectivity index is 1.40. The van der Waals surface area contributed by atoms with Gasteiger partial charge in [-0.2, -0.15) is 0 Å². The SMILES string of the molecule is C=CC(=O)N(C)C[C@H](NC(=O)OC(C)(C)C)C(=O)N1CC(OC(=O)N2Cc3cccc(F)c3C2)C[C@H]1C(=O)N[C@]1(C(=O)NS(=O)(=O)C2CC2)C[C@H]1C=C. The third kappa shape index (κ3) is 8.80. The molecule has 4 aliphatic rings. The Kier molecular flexibility index (Phi) is 10.9. The Hall–Kier alpha value is -5.00. The van der Waals surface area contributed by atoms with Crippen molar-refractivity contribution in [3.8, 4) is 0 Å². The van der Waals surface area contributed by atoms with Gasteiger partial charge in [-0.15, -0.1) is 6.58 Å². The van der Waals surface area contributed by atoms with E-state index in [1.54, 1.807) is 26.8 Å². The van der Waals surface area contributed by atoms with E-state index in [2.05, 4.69) is 28.5 Å². The summed E-state index contributed by atoms with van der Waals surface area (Å²) in [5, 5.41) is 4.40. The second-order valence-corrected chi connectivity index (χ2v) is 16.7. The van der Waals surface area contributed by atoms with E-state index in [-0.39, 0.29) is 39.0 Å². The molecule has 3 N–H and O–H groups in total. The summed E-state index contributed by atoms with van der Waals surface area (Å²) < 4.78 is 52.8. The van der Waals surface area contributed by atoms with E-state index >= 15 is 0 Å². The molecular formula is C35H45FN6O10S. The van der Waals surface area contributed by atoms with Crippen molar-refractivity contribution in [3.05, 3.63) is 60.5 Å². The first-order valence-electron chi connectivity index (χ1n) is 17.2. The van der Waals surface area contributed by atoms with Gasteiger partial charge in [0.2, 0.25) is 27.7 Å². The fourth-order valence-electron chi connectivity index (χ4n) is 6.48. The van der Waals surface area contributed by atoms with E-state index < -0.39 is 92.2 Å². The third-order valence-electron chi connectivity index (χ3n) is 9.55. The van der Waals surface area contributed by atoms with Gasteiger partial charge in [0.05, 0.1) is 24.9 Å². The monoisotopic (exact) mass is 760 g/mol. The molecule has 6 amide bonds. The zero-order valence-corrected chi connectivity index (χ0v) is 30.9. The van der Waals surface area contributed by atoms with Gasteiger partial charge in [0.15, 0.2) is 0 Å². The first-order chi connectivity index (χ1) is 24.8. The van der Waals surface area contributed by atoms with Gasteiger partial charge >= 0.3 is 12.2 Å². The molecule has 1 aromatic rings. The minimum Gasteiger partial charge on any atom is -0.444 e. The highest BCUT2D eigenvalue weighted by molar-refractivity contribution is 7.91. The summed E-state index contributed by atoms with van der Waals surface area (Å²) in [5.41, 5.74) is -1.69. The lowest BCUT2D eigenvalue weighted by molar-refractivity contribution is -0.142. The van der Waals surface area contributed by atoms with Gasteiger partial charge in [0, 0.05) is 31.5 Å². The smallest absolute Gasteiger partial charge is 0.410 e. The number of rotatable bonds is 12. The van der Waals surface area contributed by atoms with Crippen molar-refractivity contribution in [2.45, 2.75) is 94.1 Å². The van der Waals surface area contributed by atoms with Crippen LogP contribution in [-0.2, 0) is 51.8 Å². The van der Waals surface area contributed by atoms with E-state index in [0.717, 1.165) is 15.9 Å². The molecule has 0 aromatic heterocycles. The van der Waals surface area contributed by atoms with Crippen LogP contribution in [0, 0.1) is 11.7 Å². The van der Waals surface area contributed by atoms with Crippen molar-refractivity contribution in [2.75, 3.05) is 20.1 Å². The number of nitrogens with zero attached hydrogens (tertiary/aromatic N) is 3. The fourth-order valence-corrected chi connectivity index (χ4v) is 7.84. The number of likely N-dealkylation sites (tertiary alicyclic amines) is 1. The summed E-state index contributed by atoms with van der Waals surface area (Å²) >= 11 is 0. The van der Waals surface area contributed by atoms with Crippen molar-refractivity contribution >= 4 is 45.8 Å². The van der Waals surface area contributed by atoms with Crippen LogP contribution in [0.5, 0.6) is 0 Å². The molecule has 53 heavy (non-hydrogen) atoms. The zero-order valence-electron chi connectivity index (χ0n) is 30.1. The topological polar surface area (TPSA) is 201 Å². The van der Waals surface area contributed by atoms with Gasteiger partial charge in [-0.3, -0.25) is 28.8 Å². The molecule has 3 fully saturated rings. The average Bonchev–Trinajstić information content (AvgIpc) is 3.97. The first-order valence-corrected chi connectivity index (χ1v) is 18.7. The number of likely N-dealkylation sites (N-methyl/N-ethyl adjacent to an activating group) is 1. The number of benzene rings is 1. The van der Waals surface area contributed by atoms with E-state index in [9.17, 15) is 41.6 Å². The maximum absolute atomic E-state index is 14.4. The van der Waals surface area contributed by atoms with Gasteiger partial charge in [-0.1, -0.05) is 24.8 Å². The molecule has 5 atom stereocenters. The summed E-state index contributed by atoms with van der Waals surface area (Å²) in [6.07, 6.45) is 0.112. The molecule has 2 aliphatic heterocycles.